The number of hydrogen-bond acceptors (Lipinski definition) is 6. The lowest BCUT2D eigenvalue weighted by atomic mass is 10.1. The Morgan fingerprint density at radius 3 is 2.82 bits per heavy atom. The minimum absolute atomic E-state index is 0.148. The van der Waals surface area contributed by atoms with Gasteiger partial charge in [-0.05, 0) is 42.5 Å². The number of aromatic hydroxyl groups is 1. The Labute approximate surface area is 193 Å². The fraction of sp³-hybridized carbons (Fsp3) is 0.240. The number of nitrogens with zero attached hydrogens (tertiary/aromatic N) is 3. The van der Waals surface area contributed by atoms with Gasteiger partial charge in [-0.1, -0.05) is 36.9 Å². The number of benzene rings is 2. The van der Waals surface area contributed by atoms with E-state index in [1.165, 1.54) is 12.1 Å². The quantitative estimate of drug-likeness (QED) is 0.260. The van der Waals surface area contributed by atoms with E-state index in [-0.39, 0.29) is 5.75 Å². The molecule has 5 aromatic rings. The summed E-state index contributed by atoms with van der Waals surface area (Å²) < 4.78 is 7.57. The maximum absolute atomic E-state index is 12.2. The predicted molar refractivity (Wildman–Crippen MR) is 129 cm³/mol. The zero-order chi connectivity index (χ0) is 22.5. The van der Waals surface area contributed by atoms with Gasteiger partial charge in [-0.3, -0.25) is 4.57 Å². The first-order valence-electron chi connectivity index (χ1n) is 11.0. The fourth-order valence-electron chi connectivity index (χ4n) is 4.33. The van der Waals surface area contributed by atoms with Crippen molar-refractivity contribution in [3.05, 3.63) is 70.2 Å². The van der Waals surface area contributed by atoms with E-state index in [1.807, 2.05) is 31.3 Å². The number of rotatable bonds is 6. The Balaban J connectivity index is 1.38. The molecule has 0 spiro atoms. The summed E-state index contributed by atoms with van der Waals surface area (Å²) >= 11 is 1.57. The number of fused-ring (bicyclic) bond motifs is 2. The monoisotopic (exact) mass is 458 g/mol. The SMILES string of the molecule is CCc1cc2c(CSc3nnc(-c4c[nH]c5ccccc45)n3C3CC3)cc(=O)oc2cc1O. The molecule has 2 N–H and O–H groups in total. The number of aromatic nitrogens is 4. The topological polar surface area (TPSA) is 96.9 Å². The molecule has 2 aromatic carbocycles. The molecule has 3 heterocycles. The summed E-state index contributed by atoms with van der Waals surface area (Å²) in [5, 5.41) is 22.1. The summed E-state index contributed by atoms with van der Waals surface area (Å²) in [5.41, 5.74) is 3.78. The maximum atomic E-state index is 12.2. The summed E-state index contributed by atoms with van der Waals surface area (Å²) in [4.78, 5) is 15.5. The van der Waals surface area contributed by atoms with Gasteiger partial charge in [0.15, 0.2) is 11.0 Å². The molecule has 33 heavy (non-hydrogen) atoms. The highest BCUT2D eigenvalue weighted by atomic mass is 32.2. The summed E-state index contributed by atoms with van der Waals surface area (Å²) in [6.07, 6.45) is 4.91. The third kappa shape index (κ3) is 3.51. The van der Waals surface area contributed by atoms with Crippen LogP contribution < -0.4 is 5.63 Å². The molecule has 1 fully saturated rings. The summed E-state index contributed by atoms with van der Waals surface area (Å²) in [6.45, 7) is 1.98. The van der Waals surface area contributed by atoms with E-state index >= 15 is 0 Å². The van der Waals surface area contributed by atoms with Crippen LogP contribution in [0.1, 0.15) is 36.9 Å². The Morgan fingerprint density at radius 2 is 2.00 bits per heavy atom. The van der Waals surface area contributed by atoms with Crippen molar-refractivity contribution in [3.63, 3.8) is 0 Å². The Hall–Kier alpha value is -3.52. The van der Waals surface area contributed by atoms with Crippen LogP contribution in [-0.2, 0) is 12.2 Å². The van der Waals surface area contributed by atoms with Crippen LogP contribution in [0.5, 0.6) is 5.75 Å². The van der Waals surface area contributed by atoms with Crippen molar-refractivity contribution in [1.29, 1.82) is 0 Å². The largest absolute Gasteiger partial charge is 0.508 e. The van der Waals surface area contributed by atoms with Crippen LogP contribution in [0.3, 0.4) is 0 Å². The van der Waals surface area contributed by atoms with E-state index in [0.717, 1.165) is 56.8 Å². The average molecular weight is 459 g/mol. The molecule has 0 atom stereocenters. The minimum Gasteiger partial charge on any atom is -0.508 e. The number of phenolic OH excluding ortho intramolecular Hbond substituents is 1. The highest BCUT2D eigenvalue weighted by Crippen LogP contribution is 2.43. The zero-order valence-electron chi connectivity index (χ0n) is 18.0. The smallest absolute Gasteiger partial charge is 0.336 e. The number of nitrogens with one attached hydrogen (secondary N) is 1. The Kier molecular flexibility index (Phi) is 4.76. The first-order valence-corrected chi connectivity index (χ1v) is 12.0. The number of H-pyrrole nitrogens is 1. The molecule has 1 aliphatic rings. The third-order valence-electron chi connectivity index (χ3n) is 6.17. The van der Waals surface area contributed by atoms with Gasteiger partial charge in [0.2, 0.25) is 0 Å². The van der Waals surface area contributed by atoms with Gasteiger partial charge in [-0.15, -0.1) is 10.2 Å². The Bertz CT molecular complexity index is 1560. The third-order valence-corrected chi connectivity index (χ3v) is 7.17. The van der Waals surface area contributed by atoms with Gasteiger partial charge in [0.1, 0.15) is 11.3 Å². The molecule has 0 amide bonds. The van der Waals surface area contributed by atoms with Crippen LogP contribution in [0.15, 0.2) is 63.0 Å². The zero-order valence-corrected chi connectivity index (χ0v) is 18.9. The molecule has 0 radical (unpaired) electrons. The summed E-state index contributed by atoms with van der Waals surface area (Å²) in [6, 6.07) is 13.6. The van der Waals surface area contributed by atoms with Crippen molar-refractivity contribution in [2.24, 2.45) is 0 Å². The molecule has 3 aromatic heterocycles. The van der Waals surface area contributed by atoms with Crippen molar-refractivity contribution in [2.45, 2.75) is 43.1 Å². The fourth-order valence-corrected chi connectivity index (χ4v) is 5.33. The van der Waals surface area contributed by atoms with Crippen LogP contribution in [-0.4, -0.2) is 24.9 Å². The molecule has 8 heteroatoms. The maximum Gasteiger partial charge on any atom is 0.336 e. The van der Waals surface area contributed by atoms with Crippen molar-refractivity contribution in [2.75, 3.05) is 0 Å². The van der Waals surface area contributed by atoms with Crippen molar-refractivity contribution >= 4 is 33.6 Å². The van der Waals surface area contributed by atoms with E-state index < -0.39 is 5.63 Å². The van der Waals surface area contributed by atoms with Crippen LogP contribution in [0.2, 0.25) is 0 Å². The number of hydrogen-bond donors (Lipinski definition) is 2. The van der Waals surface area contributed by atoms with E-state index in [4.69, 9.17) is 4.42 Å². The standard InChI is InChI=1S/C25H22N4O3S/c1-2-14-9-18-15(10-23(31)32-22(18)11-21(14)30)13-33-25-28-27-24(29(25)16-7-8-16)19-12-26-20-6-4-3-5-17(19)20/h3-6,9-12,16,26,30H,2,7-8,13H2,1H3. The van der Waals surface area contributed by atoms with Gasteiger partial charge < -0.3 is 14.5 Å². The number of phenols is 1. The number of thioether (sulfide) groups is 1. The van der Waals surface area contributed by atoms with Gasteiger partial charge in [0.05, 0.1) is 0 Å². The van der Waals surface area contributed by atoms with Crippen LogP contribution in [0, 0.1) is 0 Å². The molecule has 1 aliphatic carbocycles. The molecule has 6 rings (SSSR count). The van der Waals surface area contributed by atoms with Crippen LogP contribution in [0.25, 0.3) is 33.3 Å². The second-order valence-electron chi connectivity index (χ2n) is 8.37. The summed E-state index contributed by atoms with van der Waals surface area (Å²) in [7, 11) is 0. The molecule has 0 unspecified atom stereocenters. The average Bonchev–Trinajstić information content (AvgIpc) is 3.42. The first-order chi connectivity index (χ1) is 16.1. The van der Waals surface area contributed by atoms with Crippen LogP contribution >= 0.6 is 11.8 Å². The van der Waals surface area contributed by atoms with E-state index in [0.29, 0.717) is 23.8 Å². The van der Waals surface area contributed by atoms with Gasteiger partial charge >= 0.3 is 5.63 Å². The second-order valence-corrected chi connectivity index (χ2v) is 9.31. The molecule has 0 saturated heterocycles. The molecule has 0 bridgehead atoms. The van der Waals surface area contributed by atoms with Gasteiger partial charge in [0, 0.05) is 52.0 Å². The lowest BCUT2D eigenvalue weighted by Gasteiger charge is -2.10. The van der Waals surface area contributed by atoms with E-state index in [2.05, 4.69) is 31.9 Å². The normalized spacial score (nSPS) is 13.8. The van der Waals surface area contributed by atoms with Crippen LogP contribution in [0.4, 0.5) is 0 Å². The van der Waals surface area contributed by atoms with Crippen molar-refractivity contribution in [1.82, 2.24) is 19.7 Å². The molecule has 1 saturated carbocycles. The van der Waals surface area contributed by atoms with Gasteiger partial charge in [0.25, 0.3) is 0 Å². The predicted octanol–water partition coefficient (Wildman–Crippen LogP) is 5.43. The number of para-hydroxylation sites is 1. The molecular weight excluding hydrogens is 436 g/mol. The molecular formula is C25H22N4O3S. The molecule has 7 nitrogen and oxygen atoms in total. The minimum atomic E-state index is -0.426. The second kappa shape index (κ2) is 7.81. The summed E-state index contributed by atoms with van der Waals surface area (Å²) in [5.74, 6) is 1.57. The van der Waals surface area contributed by atoms with Crippen molar-refractivity contribution in [3.8, 4) is 17.1 Å². The van der Waals surface area contributed by atoms with Crippen molar-refractivity contribution < 1.29 is 9.52 Å². The lowest BCUT2D eigenvalue weighted by molar-refractivity contribution is 0.466. The van der Waals surface area contributed by atoms with E-state index in [1.54, 1.807) is 11.8 Å². The highest BCUT2D eigenvalue weighted by molar-refractivity contribution is 7.98. The number of aryl methyl sites for hydroxylation is 1. The van der Waals surface area contributed by atoms with E-state index in [9.17, 15) is 9.90 Å². The molecule has 166 valence electrons. The van der Waals surface area contributed by atoms with Gasteiger partial charge in [-0.2, -0.15) is 0 Å². The Morgan fingerprint density at radius 1 is 1.15 bits per heavy atom. The molecule has 0 aliphatic heterocycles. The first kappa shape index (κ1) is 20.1. The lowest BCUT2D eigenvalue weighted by Crippen LogP contribution is -2.02. The van der Waals surface area contributed by atoms with Gasteiger partial charge in [-0.25, -0.2) is 4.79 Å². The number of aromatic amines is 1. The highest BCUT2D eigenvalue weighted by Gasteiger charge is 2.31.